The number of anilines is 2. The molecule has 0 atom stereocenters. The summed E-state index contributed by atoms with van der Waals surface area (Å²) in [5, 5.41) is 2.54. The minimum Gasteiger partial charge on any atom is -0.382 e. The average molecular weight is 245 g/mol. The summed E-state index contributed by atoms with van der Waals surface area (Å²) in [5.41, 5.74) is 16.1. The van der Waals surface area contributed by atoms with Crippen molar-refractivity contribution in [3.8, 4) is 0 Å². The van der Waals surface area contributed by atoms with E-state index in [1.165, 1.54) is 0 Å². The number of nitrogens with one attached hydrogen (secondary N) is 1. The first-order valence-corrected chi connectivity index (χ1v) is 5.00. The molecule has 0 spiro atoms. The van der Waals surface area contributed by atoms with Crippen molar-refractivity contribution in [2.24, 2.45) is 5.73 Å². The standard InChI is InChI=1S/C8H13ClN6O/c9-5-7(12)15-6(11)4(14-5)8(16)13-3-1-2-10/h1-3,10H2,(H,13,16)(H4,11,12,15). The maximum atomic E-state index is 11.6. The summed E-state index contributed by atoms with van der Waals surface area (Å²) >= 11 is 5.64. The zero-order valence-electron chi connectivity index (χ0n) is 8.53. The van der Waals surface area contributed by atoms with E-state index >= 15 is 0 Å². The number of nitrogens with two attached hydrogens (primary N) is 3. The van der Waals surface area contributed by atoms with Gasteiger partial charge in [-0.2, -0.15) is 0 Å². The maximum Gasteiger partial charge on any atom is 0.273 e. The SMILES string of the molecule is NCCCNC(=O)c1nc(Cl)c(N)nc1N. The van der Waals surface area contributed by atoms with Crippen LogP contribution in [0.4, 0.5) is 11.6 Å². The highest BCUT2D eigenvalue weighted by Crippen LogP contribution is 2.16. The molecular formula is C8H13ClN6O. The molecule has 1 amide bonds. The summed E-state index contributed by atoms with van der Waals surface area (Å²) in [6.45, 7) is 0.933. The van der Waals surface area contributed by atoms with Gasteiger partial charge in [-0.15, -0.1) is 0 Å². The average Bonchev–Trinajstić information content (AvgIpc) is 2.23. The van der Waals surface area contributed by atoms with Crippen molar-refractivity contribution < 1.29 is 4.79 Å². The van der Waals surface area contributed by atoms with Gasteiger partial charge in [-0.1, -0.05) is 11.6 Å². The number of hydrogen-bond acceptors (Lipinski definition) is 6. The fourth-order valence-corrected chi connectivity index (χ4v) is 1.12. The molecule has 88 valence electrons. The van der Waals surface area contributed by atoms with Crippen LogP contribution >= 0.6 is 11.6 Å². The Labute approximate surface area is 97.4 Å². The Bertz CT molecular complexity index is 396. The van der Waals surface area contributed by atoms with E-state index in [0.717, 1.165) is 0 Å². The van der Waals surface area contributed by atoms with Crippen LogP contribution in [-0.4, -0.2) is 29.0 Å². The van der Waals surface area contributed by atoms with Crippen LogP contribution in [0.15, 0.2) is 0 Å². The van der Waals surface area contributed by atoms with Gasteiger partial charge in [-0.05, 0) is 13.0 Å². The summed E-state index contributed by atoms with van der Waals surface area (Å²) in [4.78, 5) is 19.0. The molecule has 7 N–H and O–H groups in total. The third-order valence-corrected chi connectivity index (χ3v) is 2.06. The van der Waals surface area contributed by atoms with E-state index in [2.05, 4.69) is 15.3 Å². The van der Waals surface area contributed by atoms with E-state index in [4.69, 9.17) is 28.8 Å². The molecule has 0 bridgehead atoms. The van der Waals surface area contributed by atoms with Gasteiger partial charge >= 0.3 is 0 Å². The smallest absolute Gasteiger partial charge is 0.273 e. The quantitative estimate of drug-likeness (QED) is 0.522. The number of nitrogens with zero attached hydrogens (tertiary/aromatic N) is 2. The molecule has 8 heteroatoms. The number of aromatic nitrogens is 2. The summed E-state index contributed by atoms with van der Waals surface area (Å²) < 4.78 is 0. The number of hydrogen-bond donors (Lipinski definition) is 4. The van der Waals surface area contributed by atoms with Crippen LogP contribution in [0.5, 0.6) is 0 Å². The normalized spacial score (nSPS) is 10.1. The minimum atomic E-state index is -0.444. The fraction of sp³-hybridized carbons (Fsp3) is 0.375. The molecule has 0 radical (unpaired) electrons. The first kappa shape index (κ1) is 12.5. The van der Waals surface area contributed by atoms with Crippen LogP contribution in [0, 0.1) is 0 Å². The Hall–Kier alpha value is -1.60. The molecule has 0 saturated carbocycles. The lowest BCUT2D eigenvalue weighted by atomic mass is 10.3. The summed E-state index contributed by atoms with van der Waals surface area (Å²) in [6, 6.07) is 0. The van der Waals surface area contributed by atoms with Crippen LogP contribution in [-0.2, 0) is 0 Å². The largest absolute Gasteiger partial charge is 0.382 e. The Kier molecular flexibility index (Phi) is 4.27. The Morgan fingerprint density at radius 1 is 1.31 bits per heavy atom. The van der Waals surface area contributed by atoms with Gasteiger partial charge in [0.2, 0.25) is 0 Å². The van der Waals surface area contributed by atoms with Crippen LogP contribution in [0.25, 0.3) is 0 Å². The molecule has 0 fully saturated rings. The third kappa shape index (κ3) is 2.94. The van der Waals surface area contributed by atoms with E-state index in [1.54, 1.807) is 0 Å². The monoisotopic (exact) mass is 244 g/mol. The number of carbonyl (C=O) groups is 1. The van der Waals surface area contributed by atoms with E-state index in [1.807, 2.05) is 0 Å². The van der Waals surface area contributed by atoms with Gasteiger partial charge in [0.25, 0.3) is 5.91 Å². The third-order valence-electron chi connectivity index (χ3n) is 1.79. The molecule has 0 unspecified atom stereocenters. The Balaban J connectivity index is 2.79. The van der Waals surface area contributed by atoms with Gasteiger partial charge in [0, 0.05) is 6.54 Å². The van der Waals surface area contributed by atoms with Crippen LogP contribution in [0.1, 0.15) is 16.9 Å². The van der Waals surface area contributed by atoms with Crippen molar-refractivity contribution in [2.45, 2.75) is 6.42 Å². The van der Waals surface area contributed by atoms with Gasteiger partial charge in [0.05, 0.1) is 0 Å². The van der Waals surface area contributed by atoms with Gasteiger partial charge < -0.3 is 22.5 Å². The lowest BCUT2D eigenvalue weighted by molar-refractivity contribution is 0.0949. The van der Waals surface area contributed by atoms with Crippen LogP contribution < -0.4 is 22.5 Å². The predicted molar refractivity (Wildman–Crippen MR) is 61.9 cm³/mol. The van der Waals surface area contributed by atoms with Gasteiger partial charge in [-0.3, -0.25) is 4.79 Å². The van der Waals surface area contributed by atoms with E-state index < -0.39 is 5.91 Å². The van der Waals surface area contributed by atoms with Crippen molar-refractivity contribution in [2.75, 3.05) is 24.6 Å². The molecule has 1 rings (SSSR count). The molecule has 0 saturated heterocycles. The lowest BCUT2D eigenvalue weighted by Gasteiger charge is -2.06. The Morgan fingerprint density at radius 2 is 2.00 bits per heavy atom. The van der Waals surface area contributed by atoms with Crippen LogP contribution in [0.2, 0.25) is 5.15 Å². The first-order chi connectivity index (χ1) is 7.56. The van der Waals surface area contributed by atoms with Crippen molar-refractivity contribution in [1.82, 2.24) is 15.3 Å². The van der Waals surface area contributed by atoms with Gasteiger partial charge in [-0.25, -0.2) is 9.97 Å². The molecule has 0 aliphatic rings. The zero-order chi connectivity index (χ0) is 12.1. The second-order valence-corrected chi connectivity index (χ2v) is 3.39. The number of halogens is 1. The molecule has 0 aliphatic heterocycles. The molecule has 1 aromatic heterocycles. The number of rotatable bonds is 4. The lowest BCUT2D eigenvalue weighted by Crippen LogP contribution is -2.28. The van der Waals surface area contributed by atoms with Crippen LogP contribution in [0.3, 0.4) is 0 Å². The van der Waals surface area contributed by atoms with E-state index in [-0.39, 0.29) is 22.5 Å². The molecule has 0 aromatic carbocycles. The number of carbonyl (C=O) groups excluding carboxylic acids is 1. The zero-order valence-corrected chi connectivity index (χ0v) is 9.29. The summed E-state index contributed by atoms with van der Waals surface area (Å²) in [7, 11) is 0. The molecule has 7 nitrogen and oxygen atoms in total. The second-order valence-electron chi connectivity index (χ2n) is 3.03. The highest BCUT2D eigenvalue weighted by molar-refractivity contribution is 6.31. The van der Waals surface area contributed by atoms with Gasteiger partial charge in [0.15, 0.2) is 22.5 Å². The number of amides is 1. The number of nitrogen functional groups attached to an aromatic ring is 2. The highest BCUT2D eigenvalue weighted by Gasteiger charge is 2.14. The Morgan fingerprint density at radius 3 is 2.62 bits per heavy atom. The molecule has 1 aromatic rings. The molecule has 16 heavy (non-hydrogen) atoms. The van der Waals surface area contributed by atoms with E-state index in [0.29, 0.717) is 19.5 Å². The van der Waals surface area contributed by atoms with E-state index in [9.17, 15) is 4.79 Å². The maximum absolute atomic E-state index is 11.6. The van der Waals surface area contributed by atoms with Crippen molar-refractivity contribution in [3.63, 3.8) is 0 Å². The minimum absolute atomic E-state index is 0.00215. The highest BCUT2D eigenvalue weighted by atomic mass is 35.5. The van der Waals surface area contributed by atoms with Gasteiger partial charge in [0.1, 0.15) is 0 Å². The first-order valence-electron chi connectivity index (χ1n) is 4.63. The summed E-state index contributed by atoms with van der Waals surface area (Å²) in [6.07, 6.45) is 0.668. The van der Waals surface area contributed by atoms with Crippen molar-refractivity contribution in [1.29, 1.82) is 0 Å². The molecule has 1 heterocycles. The molecular weight excluding hydrogens is 232 g/mol. The van der Waals surface area contributed by atoms with Crippen molar-refractivity contribution in [3.05, 3.63) is 10.8 Å². The molecule has 0 aliphatic carbocycles. The summed E-state index contributed by atoms with van der Waals surface area (Å²) in [5.74, 6) is -0.495. The topological polar surface area (TPSA) is 133 Å². The van der Waals surface area contributed by atoms with Crippen molar-refractivity contribution >= 4 is 29.1 Å². The predicted octanol–water partition coefficient (Wildman–Crippen LogP) is -0.627. The second kappa shape index (κ2) is 5.47. The fourth-order valence-electron chi connectivity index (χ4n) is 0.996.